The van der Waals surface area contributed by atoms with Gasteiger partial charge in [0, 0.05) is 44.7 Å². The third-order valence-corrected chi connectivity index (χ3v) is 5.07. The monoisotopic (exact) mass is 295 g/mol. The van der Waals surface area contributed by atoms with E-state index in [0.717, 1.165) is 32.1 Å². The van der Waals surface area contributed by atoms with Crippen molar-refractivity contribution in [2.24, 2.45) is 11.8 Å². The van der Waals surface area contributed by atoms with Crippen molar-refractivity contribution >= 4 is 5.91 Å². The third-order valence-electron chi connectivity index (χ3n) is 5.07. The molecule has 0 aliphatic carbocycles. The molecule has 0 aromatic rings. The molecule has 2 rings (SSSR count). The van der Waals surface area contributed by atoms with E-state index in [2.05, 4.69) is 23.6 Å². The number of carbonyl (C=O) groups excluding carboxylic acids is 1. The SMILES string of the molecule is CC(C)C(=O)N1CCN(CC2CCN(C(C)C)CC2)CC1. The van der Waals surface area contributed by atoms with Crippen LogP contribution in [0.5, 0.6) is 0 Å². The Balaban J connectivity index is 1.69. The zero-order valence-electron chi connectivity index (χ0n) is 14.3. The van der Waals surface area contributed by atoms with Gasteiger partial charge >= 0.3 is 0 Å². The van der Waals surface area contributed by atoms with E-state index in [0.29, 0.717) is 11.9 Å². The molecule has 1 amide bonds. The predicted molar refractivity (Wildman–Crippen MR) is 87.3 cm³/mol. The van der Waals surface area contributed by atoms with Gasteiger partial charge in [0.25, 0.3) is 0 Å². The predicted octanol–water partition coefficient (Wildman–Crippen LogP) is 1.91. The van der Waals surface area contributed by atoms with Gasteiger partial charge in [-0.05, 0) is 45.7 Å². The van der Waals surface area contributed by atoms with E-state index in [9.17, 15) is 4.79 Å². The molecule has 0 saturated carbocycles. The first kappa shape index (κ1) is 16.8. The van der Waals surface area contributed by atoms with Gasteiger partial charge in [-0.15, -0.1) is 0 Å². The van der Waals surface area contributed by atoms with Crippen LogP contribution in [0.25, 0.3) is 0 Å². The minimum absolute atomic E-state index is 0.136. The van der Waals surface area contributed by atoms with Crippen LogP contribution in [0.2, 0.25) is 0 Å². The first-order valence-corrected chi connectivity index (χ1v) is 8.72. The number of rotatable bonds is 4. The van der Waals surface area contributed by atoms with Gasteiger partial charge in [0.15, 0.2) is 0 Å². The standard InChI is InChI=1S/C17H33N3O/c1-14(2)17(21)20-11-9-18(10-12-20)13-16-5-7-19(8-6-16)15(3)4/h14-16H,5-13H2,1-4H3. The van der Waals surface area contributed by atoms with Crippen molar-refractivity contribution in [2.75, 3.05) is 45.8 Å². The topological polar surface area (TPSA) is 26.8 Å². The lowest BCUT2D eigenvalue weighted by atomic mass is 9.95. The lowest BCUT2D eigenvalue weighted by Crippen LogP contribution is -2.51. The fourth-order valence-electron chi connectivity index (χ4n) is 3.53. The summed E-state index contributed by atoms with van der Waals surface area (Å²) in [6.07, 6.45) is 2.67. The van der Waals surface area contributed by atoms with Gasteiger partial charge in [-0.1, -0.05) is 13.8 Å². The van der Waals surface area contributed by atoms with Crippen LogP contribution in [0, 0.1) is 11.8 Å². The highest BCUT2D eigenvalue weighted by atomic mass is 16.2. The van der Waals surface area contributed by atoms with Crippen molar-refractivity contribution in [2.45, 2.75) is 46.6 Å². The number of hydrogen-bond acceptors (Lipinski definition) is 3. The summed E-state index contributed by atoms with van der Waals surface area (Å²) in [7, 11) is 0. The molecule has 0 aromatic carbocycles. The number of hydrogen-bond donors (Lipinski definition) is 0. The Morgan fingerprint density at radius 3 is 2.00 bits per heavy atom. The smallest absolute Gasteiger partial charge is 0.225 e. The molecule has 122 valence electrons. The largest absolute Gasteiger partial charge is 0.340 e. The first-order chi connectivity index (χ1) is 9.97. The van der Waals surface area contributed by atoms with Crippen LogP contribution < -0.4 is 0 Å². The summed E-state index contributed by atoms with van der Waals surface area (Å²) in [5, 5.41) is 0. The molecular formula is C17H33N3O. The van der Waals surface area contributed by atoms with Crippen LogP contribution in [0.3, 0.4) is 0 Å². The third kappa shape index (κ3) is 4.68. The van der Waals surface area contributed by atoms with Crippen molar-refractivity contribution in [1.82, 2.24) is 14.7 Å². The van der Waals surface area contributed by atoms with Crippen LogP contribution in [-0.4, -0.2) is 72.5 Å². The molecule has 2 aliphatic rings. The van der Waals surface area contributed by atoms with Crippen LogP contribution >= 0.6 is 0 Å². The number of piperidine rings is 1. The Kier molecular flexibility index (Phi) is 6.06. The van der Waals surface area contributed by atoms with Crippen LogP contribution in [0.15, 0.2) is 0 Å². The van der Waals surface area contributed by atoms with E-state index in [1.165, 1.54) is 32.5 Å². The van der Waals surface area contributed by atoms with Crippen LogP contribution in [0.1, 0.15) is 40.5 Å². The zero-order valence-corrected chi connectivity index (χ0v) is 14.3. The Morgan fingerprint density at radius 1 is 0.952 bits per heavy atom. The van der Waals surface area contributed by atoms with E-state index in [1.807, 2.05) is 18.7 Å². The van der Waals surface area contributed by atoms with Crippen molar-refractivity contribution in [3.05, 3.63) is 0 Å². The Bertz CT molecular complexity index is 327. The molecule has 0 bridgehead atoms. The molecule has 4 nitrogen and oxygen atoms in total. The van der Waals surface area contributed by atoms with Gasteiger partial charge in [-0.25, -0.2) is 0 Å². The van der Waals surface area contributed by atoms with E-state index in [4.69, 9.17) is 0 Å². The molecule has 0 radical (unpaired) electrons. The second-order valence-corrected chi connectivity index (χ2v) is 7.35. The Labute approximate surface area is 130 Å². The molecule has 21 heavy (non-hydrogen) atoms. The minimum Gasteiger partial charge on any atom is -0.340 e. The van der Waals surface area contributed by atoms with E-state index in [-0.39, 0.29) is 5.92 Å². The first-order valence-electron chi connectivity index (χ1n) is 8.72. The molecule has 0 aromatic heterocycles. The molecule has 2 heterocycles. The van der Waals surface area contributed by atoms with Crippen molar-refractivity contribution in [3.63, 3.8) is 0 Å². The fraction of sp³-hybridized carbons (Fsp3) is 0.941. The maximum atomic E-state index is 12.0. The molecule has 0 unspecified atom stereocenters. The summed E-state index contributed by atoms with van der Waals surface area (Å²) in [6.45, 7) is 16.3. The molecule has 0 spiro atoms. The number of amides is 1. The minimum atomic E-state index is 0.136. The second kappa shape index (κ2) is 7.59. The summed E-state index contributed by atoms with van der Waals surface area (Å²) in [4.78, 5) is 19.2. The van der Waals surface area contributed by atoms with Gasteiger partial charge in [-0.2, -0.15) is 0 Å². The molecule has 2 fully saturated rings. The number of likely N-dealkylation sites (tertiary alicyclic amines) is 1. The zero-order chi connectivity index (χ0) is 15.4. The van der Waals surface area contributed by atoms with Crippen LogP contribution in [0.4, 0.5) is 0 Å². The van der Waals surface area contributed by atoms with Crippen molar-refractivity contribution in [3.8, 4) is 0 Å². The Hall–Kier alpha value is -0.610. The maximum Gasteiger partial charge on any atom is 0.225 e. The van der Waals surface area contributed by atoms with E-state index in [1.54, 1.807) is 0 Å². The van der Waals surface area contributed by atoms with E-state index >= 15 is 0 Å². The van der Waals surface area contributed by atoms with Gasteiger partial charge in [-0.3, -0.25) is 9.69 Å². The summed E-state index contributed by atoms with van der Waals surface area (Å²) in [5.74, 6) is 1.31. The number of piperazine rings is 1. The lowest BCUT2D eigenvalue weighted by Gasteiger charge is -2.40. The van der Waals surface area contributed by atoms with Crippen molar-refractivity contribution < 1.29 is 4.79 Å². The summed E-state index contributed by atoms with van der Waals surface area (Å²) in [5.41, 5.74) is 0. The van der Waals surface area contributed by atoms with E-state index < -0.39 is 0 Å². The average molecular weight is 295 g/mol. The maximum absolute atomic E-state index is 12.0. The molecule has 0 atom stereocenters. The number of nitrogens with zero attached hydrogens (tertiary/aromatic N) is 3. The molecule has 2 aliphatic heterocycles. The lowest BCUT2D eigenvalue weighted by molar-refractivity contribution is -0.136. The molecular weight excluding hydrogens is 262 g/mol. The van der Waals surface area contributed by atoms with Gasteiger partial charge < -0.3 is 9.80 Å². The Morgan fingerprint density at radius 2 is 1.52 bits per heavy atom. The molecule has 0 N–H and O–H groups in total. The van der Waals surface area contributed by atoms with Gasteiger partial charge in [0.05, 0.1) is 0 Å². The average Bonchev–Trinajstić information content (AvgIpc) is 2.47. The number of carbonyl (C=O) groups is 1. The highest BCUT2D eigenvalue weighted by Gasteiger charge is 2.26. The molecule has 2 saturated heterocycles. The van der Waals surface area contributed by atoms with Gasteiger partial charge in [0.2, 0.25) is 5.91 Å². The second-order valence-electron chi connectivity index (χ2n) is 7.35. The summed E-state index contributed by atoms with van der Waals surface area (Å²) in [6, 6.07) is 0.691. The summed E-state index contributed by atoms with van der Waals surface area (Å²) >= 11 is 0. The fourth-order valence-corrected chi connectivity index (χ4v) is 3.53. The van der Waals surface area contributed by atoms with Crippen LogP contribution in [-0.2, 0) is 4.79 Å². The highest BCUT2D eigenvalue weighted by Crippen LogP contribution is 2.20. The quantitative estimate of drug-likeness (QED) is 0.793. The normalized spacial score (nSPS) is 23.2. The van der Waals surface area contributed by atoms with Crippen molar-refractivity contribution in [1.29, 1.82) is 0 Å². The molecule has 4 heteroatoms. The van der Waals surface area contributed by atoms with Gasteiger partial charge in [0.1, 0.15) is 0 Å². The summed E-state index contributed by atoms with van der Waals surface area (Å²) < 4.78 is 0. The highest BCUT2D eigenvalue weighted by molar-refractivity contribution is 5.78.